The second-order valence-electron chi connectivity index (χ2n) is 9.16. The summed E-state index contributed by atoms with van der Waals surface area (Å²) >= 11 is 0. The summed E-state index contributed by atoms with van der Waals surface area (Å²) in [7, 11) is -3.73. The summed E-state index contributed by atoms with van der Waals surface area (Å²) in [5.74, 6) is -0.234. The summed E-state index contributed by atoms with van der Waals surface area (Å²) < 4.78 is 31.9. The first-order valence-corrected chi connectivity index (χ1v) is 13.6. The Morgan fingerprint density at radius 3 is 2.69 bits per heavy atom. The number of anilines is 1. The molecule has 2 aromatic rings. The van der Waals surface area contributed by atoms with E-state index >= 15 is 0 Å². The summed E-state index contributed by atoms with van der Waals surface area (Å²) in [6, 6.07) is 0. The van der Waals surface area contributed by atoms with Crippen molar-refractivity contribution in [3.63, 3.8) is 0 Å². The maximum Gasteiger partial charge on any atom is 0.365 e. The smallest absolute Gasteiger partial charge is 0.365 e. The number of nitrogens with one attached hydrogen (secondary N) is 1. The van der Waals surface area contributed by atoms with Crippen LogP contribution in [-0.4, -0.2) is 55.8 Å². The third kappa shape index (κ3) is 8.87. The Bertz CT molecular complexity index is 1050. The summed E-state index contributed by atoms with van der Waals surface area (Å²) in [6.07, 6.45) is 6.18. The Hall–Kier alpha value is -2.56. The van der Waals surface area contributed by atoms with Crippen LogP contribution < -0.4 is 10.8 Å². The van der Waals surface area contributed by atoms with Gasteiger partial charge in [0.15, 0.2) is 11.5 Å². The van der Waals surface area contributed by atoms with Gasteiger partial charge in [0.2, 0.25) is 0 Å². The predicted molar refractivity (Wildman–Crippen MR) is 135 cm³/mol. The normalized spacial score (nSPS) is 14.3. The van der Waals surface area contributed by atoms with Crippen molar-refractivity contribution in [1.29, 1.82) is 0 Å². The molecular formula is C22H38N7O5P. The van der Waals surface area contributed by atoms with Gasteiger partial charge in [-0.2, -0.15) is 0 Å². The lowest BCUT2D eigenvalue weighted by Crippen LogP contribution is -2.47. The zero-order valence-corrected chi connectivity index (χ0v) is 22.4. The number of esters is 1. The molecule has 2 aromatic heterocycles. The van der Waals surface area contributed by atoms with Gasteiger partial charge in [0.25, 0.3) is 0 Å². The number of nitrogens with two attached hydrogens (primary N) is 1. The second-order valence-corrected chi connectivity index (χ2v) is 11.2. The number of carbonyl (C=O) groups is 1. The number of oxime groups is 1. The van der Waals surface area contributed by atoms with E-state index in [1.807, 2.05) is 6.92 Å². The molecule has 13 heteroatoms. The summed E-state index contributed by atoms with van der Waals surface area (Å²) in [5, 5.41) is 6.65. The quantitative estimate of drug-likeness (QED) is 0.118. The SMILES string of the molecule is CCCCCCOC(=O)C(C)(C)NP(=O)(CO[C@@H](C)Cn1cnc2c(N)ncnc21)ON=C(C)C. The Labute approximate surface area is 206 Å². The van der Waals surface area contributed by atoms with Gasteiger partial charge >= 0.3 is 13.5 Å². The number of fused-ring (bicyclic) bond motifs is 1. The van der Waals surface area contributed by atoms with Crippen LogP contribution in [0, 0.1) is 0 Å². The highest BCUT2D eigenvalue weighted by Crippen LogP contribution is 2.45. The molecule has 0 spiro atoms. The monoisotopic (exact) mass is 511 g/mol. The van der Waals surface area contributed by atoms with E-state index < -0.39 is 25.1 Å². The molecule has 0 bridgehead atoms. The van der Waals surface area contributed by atoms with Gasteiger partial charge in [0, 0.05) is 0 Å². The third-order valence-electron chi connectivity index (χ3n) is 4.96. The summed E-state index contributed by atoms with van der Waals surface area (Å²) in [4.78, 5) is 25.0. The highest BCUT2D eigenvalue weighted by molar-refractivity contribution is 7.56. The lowest BCUT2D eigenvalue weighted by Gasteiger charge is -2.29. The number of aromatic nitrogens is 4. The molecule has 2 heterocycles. The van der Waals surface area contributed by atoms with Gasteiger partial charge in [-0.1, -0.05) is 31.3 Å². The molecule has 3 N–H and O–H groups in total. The average molecular weight is 512 g/mol. The second kappa shape index (κ2) is 12.9. The largest absolute Gasteiger partial charge is 0.464 e. The van der Waals surface area contributed by atoms with Crippen molar-refractivity contribution in [1.82, 2.24) is 24.6 Å². The third-order valence-corrected chi connectivity index (χ3v) is 6.69. The molecular weight excluding hydrogens is 473 g/mol. The molecule has 0 saturated heterocycles. The molecule has 2 rings (SSSR count). The molecule has 2 atom stereocenters. The van der Waals surface area contributed by atoms with E-state index in [9.17, 15) is 9.36 Å². The zero-order chi connectivity index (χ0) is 26.1. The average Bonchev–Trinajstić information content (AvgIpc) is 3.20. The minimum Gasteiger partial charge on any atom is -0.464 e. The van der Waals surface area contributed by atoms with Crippen LogP contribution in [0.4, 0.5) is 5.82 Å². The van der Waals surface area contributed by atoms with Crippen molar-refractivity contribution < 1.29 is 23.5 Å². The van der Waals surface area contributed by atoms with E-state index in [1.54, 1.807) is 38.6 Å². The standard InChI is InChI=1S/C22H38N7O5P/c1-7-8-9-10-11-32-21(30)22(5,6)28-35(31,34-27-16(2)3)15-33-17(4)12-29-14-26-18-19(23)24-13-25-20(18)29/h13-14,17H,7-12,15H2,1-6H3,(H,28,31)(H2,23,24,25)/t17-,35?/m0/s1. The van der Waals surface area contributed by atoms with Gasteiger partial charge in [-0.25, -0.2) is 20.0 Å². The molecule has 0 aliphatic heterocycles. The van der Waals surface area contributed by atoms with E-state index in [0.717, 1.165) is 25.7 Å². The van der Waals surface area contributed by atoms with Gasteiger partial charge in [0.05, 0.1) is 31.3 Å². The number of nitrogens with zero attached hydrogens (tertiary/aromatic N) is 5. The predicted octanol–water partition coefficient (Wildman–Crippen LogP) is 3.87. The molecule has 0 fully saturated rings. The van der Waals surface area contributed by atoms with E-state index in [0.29, 0.717) is 30.0 Å². The van der Waals surface area contributed by atoms with E-state index in [4.69, 9.17) is 19.8 Å². The van der Waals surface area contributed by atoms with Crippen LogP contribution in [-0.2, 0) is 30.0 Å². The number of nitrogen functional groups attached to an aromatic ring is 1. The molecule has 0 amide bonds. The van der Waals surface area contributed by atoms with E-state index in [2.05, 4.69) is 32.1 Å². The van der Waals surface area contributed by atoms with Gasteiger partial charge in [-0.15, -0.1) is 0 Å². The molecule has 35 heavy (non-hydrogen) atoms. The highest BCUT2D eigenvalue weighted by Gasteiger charge is 2.39. The lowest BCUT2D eigenvalue weighted by molar-refractivity contribution is -0.149. The van der Waals surface area contributed by atoms with Crippen molar-refractivity contribution in [2.45, 2.75) is 85.4 Å². The van der Waals surface area contributed by atoms with Crippen LogP contribution in [0.3, 0.4) is 0 Å². The fourth-order valence-corrected chi connectivity index (χ4v) is 5.00. The van der Waals surface area contributed by atoms with E-state index in [1.165, 1.54) is 6.33 Å². The first-order chi connectivity index (χ1) is 16.5. The number of ether oxygens (including phenoxy) is 2. The van der Waals surface area contributed by atoms with Crippen molar-refractivity contribution in [2.24, 2.45) is 5.16 Å². The molecule has 12 nitrogen and oxygen atoms in total. The van der Waals surface area contributed by atoms with Gasteiger partial charge in [-0.05, 0) is 41.0 Å². The van der Waals surface area contributed by atoms with Crippen LogP contribution in [0.2, 0.25) is 0 Å². The maximum absolute atomic E-state index is 13.6. The van der Waals surface area contributed by atoms with Crippen molar-refractivity contribution in [2.75, 3.05) is 18.7 Å². The zero-order valence-electron chi connectivity index (χ0n) is 21.5. The number of rotatable bonds is 15. The summed E-state index contributed by atoms with van der Waals surface area (Å²) in [5.41, 5.74) is 6.20. The fourth-order valence-electron chi connectivity index (χ4n) is 3.16. The minimum atomic E-state index is -3.73. The number of carbonyl (C=O) groups excluding carboxylic acids is 1. The van der Waals surface area contributed by atoms with Crippen molar-refractivity contribution >= 4 is 36.2 Å². The van der Waals surface area contributed by atoms with Crippen LogP contribution >= 0.6 is 7.52 Å². The minimum absolute atomic E-state index is 0.289. The van der Waals surface area contributed by atoms with Crippen molar-refractivity contribution in [3.8, 4) is 0 Å². The molecule has 0 aliphatic carbocycles. The van der Waals surface area contributed by atoms with Crippen LogP contribution in [0.15, 0.2) is 17.8 Å². The Morgan fingerprint density at radius 2 is 2.00 bits per heavy atom. The van der Waals surface area contributed by atoms with Gasteiger partial charge < -0.3 is 24.4 Å². The fraction of sp³-hybridized carbons (Fsp3) is 0.682. The van der Waals surface area contributed by atoms with Gasteiger partial charge in [-0.3, -0.25) is 9.36 Å². The number of imidazole rings is 1. The van der Waals surface area contributed by atoms with E-state index in [-0.39, 0.29) is 12.2 Å². The Morgan fingerprint density at radius 1 is 1.26 bits per heavy atom. The molecule has 0 radical (unpaired) electrons. The van der Waals surface area contributed by atoms with Crippen LogP contribution in [0.1, 0.15) is 67.2 Å². The molecule has 196 valence electrons. The molecule has 0 saturated carbocycles. The Balaban J connectivity index is 2.03. The lowest BCUT2D eigenvalue weighted by atomic mass is 10.1. The number of unbranched alkanes of at least 4 members (excludes halogenated alkanes) is 3. The molecule has 0 aromatic carbocycles. The van der Waals surface area contributed by atoms with Crippen LogP contribution in [0.5, 0.6) is 0 Å². The highest BCUT2D eigenvalue weighted by atomic mass is 31.2. The van der Waals surface area contributed by atoms with Crippen LogP contribution in [0.25, 0.3) is 11.2 Å². The topological polar surface area (TPSA) is 156 Å². The molecule has 0 aliphatic rings. The first kappa shape index (κ1) is 28.7. The van der Waals surface area contributed by atoms with Crippen molar-refractivity contribution in [3.05, 3.63) is 12.7 Å². The number of hydrogen-bond donors (Lipinski definition) is 2. The number of hydrogen-bond acceptors (Lipinski definition) is 10. The first-order valence-electron chi connectivity index (χ1n) is 11.8. The Kier molecular flexibility index (Phi) is 10.6. The molecule has 1 unspecified atom stereocenters. The van der Waals surface area contributed by atoms with Gasteiger partial charge in [0.1, 0.15) is 23.7 Å². The maximum atomic E-state index is 13.6. The summed E-state index contributed by atoms with van der Waals surface area (Å²) in [6.45, 7) is 11.2.